The van der Waals surface area contributed by atoms with Gasteiger partial charge in [0.1, 0.15) is 23.9 Å². The number of nitrogens with zero attached hydrogens (tertiary/aromatic N) is 6. The Kier molecular flexibility index (Phi) is 6.10. The normalized spacial score (nSPS) is 19.4. The molecule has 174 valence electrons. The summed E-state index contributed by atoms with van der Waals surface area (Å²) in [5, 5.41) is 13.5. The average Bonchev–Trinajstić information content (AvgIpc) is 3.60. The van der Waals surface area contributed by atoms with Crippen LogP contribution in [-0.2, 0) is 17.9 Å². The van der Waals surface area contributed by atoms with E-state index >= 15 is 0 Å². The van der Waals surface area contributed by atoms with Crippen LogP contribution in [0.3, 0.4) is 0 Å². The molecule has 10 nitrogen and oxygen atoms in total. The summed E-state index contributed by atoms with van der Waals surface area (Å²) in [6, 6.07) is 7.59. The van der Waals surface area contributed by atoms with Crippen LogP contribution in [0.15, 0.2) is 39.4 Å². The maximum Gasteiger partial charge on any atom is 0.244 e. The molecular formula is C23H28N6O4. The Balaban J connectivity index is 1.28. The van der Waals surface area contributed by atoms with Crippen LogP contribution in [0.25, 0.3) is 11.4 Å². The van der Waals surface area contributed by atoms with Gasteiger partial charge in [0.25, 0.3) is 0 Å². The number of likely N-dealkylation sites (tertiary alicyclic amines) is 1. The minimum absolute atomic E-state index is 0.0369. The van der Waals surface area contributed by atoms with Crippen molar-refractivity contribution in [3.63, 3.8) is 0 Å². The fraction of sp³-hybridized carbons (Fsp3) is 0.478. The number of amides is 1. The fourth-order valence-electron chi connectivity index (χ4n) is 4.56. The Bertz CT molecular complexity index is 1100. The molecule has 0 aliphatic carbocycles. The molecule has 2 aliphatic rings. The first kappa shape index (κ1) is 21.6. The summed E-state index contributed by atoms with van der Waals surface area (Å²) in [6.07, 6.45) is 3.74. The maximum absolute atomic E-state index is 11.6. The van der Waals surface area contributed by atoms with Gasteiger partial charge in [0.15, 0.2) is 0 Å². The molecule has 1 N–H and O–H groups in total. The van der Waals surface area contributed by atoms with Crippen LogP contribution in [0.5, 0.6) is 0 Å². The van der Waals surface area contributed by atoms with Crippen LogP contribution in [0, 0.1) is 0 Å². The zero-order chi connectivity index (χ0) is 22.8. The second kappa shape index (κ2) is 9.32. The number of anilines is 1. The van der Waals surface area contributed by atoms with Crippen LogP contribution in [0.2, 0.25) is 0 Å². The zero-order valence-corrected chi connectivity index (χ0v) is 18.7. The number of furan rings is 1. The van der Waals surface area contributed by atoms with Gasteiger partial charge in [0.2, 0.25) is 17.6 Å². The molecule has 33 heavy (non-hydrogen) atoms. The van der Waals surface area contributed by atoms with Gasteiger partial charge in [-0.25, -0.2) is 4.98 Å². The summed E-state index contributed by atoms with van der Waals surface area (Å²) in [5.74, 6) is 3.49. The largest absolute Gasteiger partial charge is 0.462 e. The van der Waals surface area contributed by atoms with Crippen LogP contribution in [0.4, 0.5) is 5.82 Å². The van der Waals surface area contributed by atoms with Crippen LogP contribution in [0.1, 0.15) is 43.2 Å². The van der Waals surface area contributed by atoms with Crippen molar-refractivity contribution in [3.05, 3.63) is 47.9 Å². The predicted molar refractivity (Wildman–Crippen MR) is 119 cm³/mol. The van der Waals surface area contributed by atoms with E-state index < -0.39 is 0 Å². The summed E-state index contributed by atoms with van der Waals surface area (Å²) < 4.78 is 11.3. The van der Waals surface area contributed by atoms with E-state index in [2.05, 4.69) is 19.9 Å². The van der Waals surface area contributed by atoms with Gasteiger partial charge in [-0.05, 0) is 43.7 Å². The molecule has 0 unspecified atom stereocenters. The number of piperazine rings is 1. The van der Waals surface area contributed by atoms with Gasteiger partial charge >= 0.3 is 0 Å². The fourth-order valence-corrected chi connectivity index (χ4v) is 4.56. The third-order valence-corrected chi connectivity index (χ3v) is 6.38. The summed E-state index contributed by atoms with van der Waals surface area (Å²) in [6.45, 7) is 5.94. The van der Waals surface area contributed by atoms with E-state index in [1.54, 1.807) is 19.2 Å². The number of carbonyl (C=O) groups is 1. The van der Waals surface area contributed by atoms with Crippen molar-refractivity contribution in [2.24, 2.45) is 0 Å². The highest BCUT2D eigenvalue weighted by Gasteiger charge is 2.31. The molecule has 5 rings (SSSR count). The lowest BCUT2D eigenvalue weighted by molar-refractivity contribution is -0.129. The van der Waals surface area contributed by atoms with Gasteiger partial charge in [0, 0.05) is 44.9 Å². The Morgan fingerprint density at radius 1 is 1.15 bits per heavy atom. The summed E-state index contributed by atoms with van der Waals surface area (Å²) in [7, 11) is 0. The predicted octanol–water partition coefficient (Wildman–Crippen LogP) is 2.22. The first-order valence-corrected chi connectivity index (χ1v) is 11.3. The molecule has 3 aromatic rings. The highest BCUT2D eigenvalue weighted by molar-refractivity contribution is 5.73. The molecule has 2 aliphatic heterocycles. The van der Waals surface area contributed by atoms with E-state index in [1.807, 2.05) is 23.1 Å². The number of hydrogen-bond donors (Lipinski definition) is 1. The minimum Gasteiger partial charge on any atom is -0.462 e. The maximum atomic E-state index is 11.6. The number of pyridine rings is 1. The van der Waals surface area contributed by atoms with Gasteiger partial charge in [-0.2, -0.15) is 4.98 Å². The summed E-state index contributed by atoms with van der Waals surface area (Å²) in [5.41, 5.74) is 0.854. The number of aromatic nitrogens is 3. The minimum atomic E-state index is -0.100. The zero-order valence-electron chi connectivity index (χ0n) is 18.7. The lowest BCUT2D eigenvalue weighted by Crippen LogP contribution is -2.48. The van der Waals surface area contributed by atoms with Gasteiger partial charge in [-0.15, -0.1) is 0 Å². The highest BCUT2D eigenvalue weighted by Crippen LogP contribution is 2.33. The number of hydrogen-bond acceptors (Lipinski definition) is 9. The smallest absolute Gasteiger partial charge is 0.244 e. The molecule has 2 fully saturated rings. The molecule has 0 bridgehead atoms. The first-order valence-electron chi connectivity index (χ1n) is 11.3. The third kappa shape index (κ3) is 4.62. The van der Waals surface area contributed by atoms with E-state index in [0.717, 1.165) is 49.6 Å². The van der Waals surface area contributed by atoms with Crippen molar-refractivity contribution in [1.82, 2.24) is 24.9 Å². The van der Waals surface area contributed by atoms with Gasteiger partial charge in [0.05, 0.1) is 12.6 Å². The topological polar surface area (TPSA) is 112 Å². The van der Waals surface area contributed by atoms with E-state index in [-0.39, 0.29) is 18.6 Å². The monoisotopic (exact) mass is 452 g/mol. The second-order valence-electron chi connectivity index (χ2n) is 8.51. The molecule has 0 saturated carbocycles. The molecule has 1 amide bonds. The van der Waals surface area contributed by atoms with Gasteiger partial charge < -0.3 is 23.8 Å². The van der Waals surface area contributed by atoms with Gasteiger partial charge in [-0.1, -0.05) is 5.16 Å². The first-order chi connectivity index (χ1) is 16.1. The van der Waals surface area contributed by atoms with Crippen molar-refractivity contribution in [2.75, 3.05) is 37.6 Å². The Hall–Kier alpha value is -3.24. The number of rotatable bonds is 6. The molecular weight excluding hydrogens is 424 g/mol. The SMILES string of the molecule is CC(=O)N1CCN(c2cc(-c3noc([C@@H]4CCCN4Cc4ccc(CO)o4)n3)ccn2)CC1. The molecule has 1 atom stereocenters. The second-order valence-corrected chi connectivity index (χ2v) is 8.51. The average molecular weight is 453 g/mol. The van der Waals surface area contributed by atoms with Crippen molar-refractivity contribution < 1.29 is 18.8 Å². The van der Waals surface area contributed by atoms with E-state index in [4.69, 9.17) is 13.9 Å². The van der Waals surface area contributed by atoms with Crippen molar-refractivity contribution in [2.45, 2.75) is 39.0 Å². The van der Waals surface area contributed by atoms with Gasteiger partial charge in [-0.3, -0.25) is 9.69 Å². The van der Waals surface area contributed by atoms with E-state index in [0.29, 0.717) is 37.1 Å². The molecule has 3 aromatic heterocycles. The lowest BCUT2D eigenvalue weighted by atomic mass is 10.2. The summed E-state index contributed by atoms with van der Waals surface area (Å²) >= 11 is 0. The number of aliphatic hydroxyl groups is 1. The molecule has 0 spiro atoms. The molecule has 0 radical (unpaired) electrons. The quantitative estimate of drug-likeness (QED) is 0.601. The third-order valence-electron chi connectivity index (χ3n) is 6.38. The number of aliphatic hydroxyl groups excluding tert-OH is 1. The Morgan fingerprint density at radius 2 is 1.97 bits per heavy atom. The number of carbonyl (C=O) groups excluding carboxylic acids is 1. The lowest BCUT2D eigenvalue weighted by Gasteiger charge is -2.34. The van der Waals surface area contributed by atoms with Crippen molar-refractivity contribution >= 4 is 11.7 Å². The van der Waals surface area contributed by atoms with Crippen molar-refractivity contribution in [3.8, 4) is 11.4 Å². The molecule has 10 heteroatoms. The molecule has 5 heterocycles. The molecule has 0 aromatic carbocycles. The van der Waals surface area contributed by atoms with Crippen LogP contribution < -0.4 is 4.90 Å². The standard InChI is InChI=1S/C23H28N6O4/c1-16(31)27-9-11-28(12-10-27)21-13-17(6-7-24-21)22-25-23(33-26-22)20-3-2-8-29(20)14-18-4-5-19(15-30)32-18/h4-7,13,20,30H,2-3,8-12,14-15H2,1H3/t20-/m0/s1. The molecule has 2 saturated heterocycles. The van der Waals surface area contributed by atoms with Crippen LogP contribution >= 0.6 is 0 Å². The summed E-state index contributed by atoms with van der Waals surface area (Å²) in [4.78, 5) is 27.1. The highest BCUT2D eigenvalue weighted by atomic mass is 16.5. The van der Waals surface area contributed by atoms with E-state index in [1.165, 1.54) is 0 Å². The Morgan fingerprint density at radius 3 is 2.73 bits per heavy atom. The Labute approximate surface area is 191 Å². The van der Waals surface area contributed by atoms with Crippen molar-refractivity contribution in [1.29, 1.82) is 0 Å². The van der Waals surface area contributed by atoms with E-state index in [9.17, 15) is 9.90 Å². The van der Waals surface area contributed by atoms with Crippen LogP contribution in [-0.4, -0.2) is 68.7 Å².